The highest BCUT2D eigenvalue weighted by Gasteiger charge is 2.23. The summed E-state index contributed by atoms with van der Waals surface area (Å²) in [6.45, 7) is 1.25. The summed E-state index contributed by atoms with van der Waals surface area (Å²) in [4.78, 5) is 46.4. The molecule has 3 amide bonds. The summed E-state index contributed by atoms with van der Waals surface area (Å²) in [5.41, 5.74) is 1.83. The molecule has 166 valence electrons. The molecule has 32 heavy (non-hydrogen) atoms. The van der Waals surface area contributed by atoms with Crippen molar-refractivity contribution in [3.05, 3.63) is 41.6 Å². The Bertz CT molecular complexity index is 1220. The summed E-state index contributed by atoms with van der Waals surface area (Å²) < 4.78 is 3.46. The van der Waals surface area contributed by atoms with Gasteiger partial charge in [0.2, 0.25) is 5.82 Å². The minimum Gasteiger partial charge on any atom is -0.349 e. The standard InChI is InChI=1S/C22H25N7O3/c1-28-12-17(26-18(28)22(32)24-14-5-2-3-6-14)27-20(30)13-7-8-15-16(11-13)29-10-4-9-23-21(31)19(29)25-15/h7-8,11-12,14H,2-6,9-10H2,1H3,(H,23,31)(H,24,32)(H,27,30). The fraction of sp³-hybridized carbons (Fsp3) is 0.409. The predicted molar refractivity (Wildman–Crippen MR) is 118 cm³/mol. The summed E-state index contributed by atoms with van der Waals surface area (Å²) in [6, 6.07) is 5.32. The molecule has 0 saturated heterocycles. The van der Waals surface area contributed by atoms with Crippen molar-refractivity contribution < 1.29 is 14.4 Å². The Hall–Kier alpha value is -3.69. The summed E-state index contributed by atoms with van der Waals surface area (Å²) in [5, 5.41) is 8.60. The van der Waals surface area contributed by atoms with E-state index in [9.17, 15) is 14.4 Å². The first-order valence-corrected chi connectivity index (χ1v) is 10.9. The molecule has 0 spiro atoms. The van der Waals surface area contributed by atoms with Crippen molar-refractivity contribution in [1.82, 2.24) is 29.7 Å². The van der Waals surface area contributed by atoms with E-state index in [0.29, 0.717) is 35.8 Å². The number of carbonyl (C=O) groups excluding carboxylic acids is 3. The second-order valence-electron chi connectivity index (χ2n) is 8.37. The van der Waals surface area contributed by atoms with E-state index in [-0.39, 0.29) is 29.6 Å². The fourth-order valence-electron chi connectivity index (χ4n) is 4.43. The number of anilines is 1. The molecule has 2 aliphatic rings. The molecule has 0 unspecified atom stereocenters. The van der Waals surface area contributed by atoms with Gasteiger partial charge in [0.25, 0.3) is 17.7 Å². The van der Waals surface area contributed by atoms with Gasteiger partial charge in [-0.15, -0.1) is 0 Å². The lowest BCUT2D eigenvalue weighted by molar-refractivity contribution is 0.0921. The highest BCUT2D eigenvalue weighted by Crippen LogP contribution is 2.21. The summed E-state index contributed by atoms with van der Waals surface area (Å²) in [6.07, 6.45) is 6.64. The monoisotopic (exact) mass is 435 g/mol. The lowest BCUT2D eigenvalue weighted by atomic mass is 10.2. The van der Waals surface area contributed by atoms with E-state index in [1.165, 1.54) is 0 Å². The Labute approximate surface area is 184 Å². The van der Waals surface area contributed by atoms with Crippen LogP contribution in [-0.4, -0.2) is 49.4 Å². The predicted octanol–water partition coefficient (Wildman–Crippen LogP) is 1.83. The van der Waals surface area contributed by atoms with E-state index in [1.54, 1.807) is 36.0 Å². The number of benzene rings is 1. The van der Waals surface area contributed by atoms with Crippen LogP contribution in [0.4, 0.5) is 5.82 Å². The number of fused-ring (bicyclic) bond motifs is 3. The van der Waals surface area contributed by atoms with E-state index < -0.39 is 0 Å². The zero-order chi connectivity index (χ0) is 22.2. The van der Waals surface area contributed by atoms with Gasteiger partial charge in [0.15, 0.2) is 11.6 Å². The zero-order valence-electron chi connectivity index (χ0n) is 17.9. The van der Waals surface area contributed by atoms with Gasteiger partial charge in [-0.3, -0.25) is 14.4 Å². The van der Waals surface area contributed by atoms with Gasteiger partial charge in [0, 0.05) is 37.9 Å². The fourth-order valence-corrected chi connectivity index (χ4v) is 4.43. The number of aryl methyl sites for hydroxylation is 2. The van der Waals surface area contributed by atoms with Gasteiger partial charge in [-0.25, -0.2) is 9.97 Å². The molecule has 1 saturated carbocycles. The molecule has 1 aliphatic carbocycles. The molecule has 0 radical (unpaired) electrons. The van der Waals surface area contributed by atoms with Crippen LogP contribution in [-0.2, 0) is 13.6 Å². The molecule has 2 aromatic heterocycles. The molecule has 3 heterocycles. The maximum absolute atomic E-state index is 12.9. The summed E-state index contributed by atoms with van der Waals surface area (Å²) in [7, 11) is 1.73. The van der Waals surface area contributed by atoms with Crippen LogP contribution in [0.5, 0.6) is 0 Å². The van der Waals surface area contributed by atoms with Crippen molar-refractivity contribution in [2.24, 2.45) is 7.05 Å². The number of nitrogens with zero attached hydrogens (tertiary/aromatic N) is 4. The summed E-state index contributed by atoms with van der Waals surface area (Å²) in [5.74, 6) is 0.137. The number of imidazole rings is 2. The van der Waals surface area contributed by atoms with Crippen molar-refractivity contribution in [3.8, 4) is 0 Å². The lowest BCUT2D eigenvalue weighted by Gasteiger charge is -2.11. The van der Waals surface area contributed by atoms with Gasteiger partial charge < -0.3 is 25.1 Å². The Morgan fingerprint density at radius 1 is 1.12 bits per heavy atom. The summed E-state index contributed by atoms with van der Waals surface area (Å²) >= 11 is 0. The molecule has 10 heteroatoms. The molecular weight excluding hydrogens is 410 g/mol. The average molecular weight is 435 g/mol. The lowest BCUT2D eigenvalue weighted by Crippen LogP contribution is -2.34. The topological polar surface area (TPSA) is 123 Å². The van der Waals surface area contributed by atoms with Gasteiger partial charge >= 0.3 is 0 Å². The van der Waals surface area contributed by atoms with Crippen molar-refractivity contribution in [3.63, 3.8) is 0 Å². The van der Waals surface area contributed by atoms with Crippen LogP contribution < -0.4 is 16.0 Å². The van der Waals surface area contributed by atoms with E-state index >= 15 is 0 Å². The second-order valence-corrected chi connectivity index (χ2v) is 8.37. The molecule has 0 bridgehead atoms. The number of amides is 3. The van der Waals surface area contributed by atoms with Gasteiger partial charge in [-0.1, -0.05) is 12.8 Å². The molecular formula is C22H25N7O3. The molecule has 1 aromatic carbocycles. The number of hydrogen-bond acceptors (Lipinski definition) is 5. The van der Waals surface area contributed by atoms with Crippen LogP contribution in [0.1, 0.15) is 63.7 Å². The molecule has 3 aromatic rings. The van der Waals surface area contributed by atoms with E-state index in [1.807, 2.05) is 4.57 Å². The van der Waals surface area contributed by atoms with E-state index in [2.05, 4.69) is 25.9 Å². The Balaban J connectivity index is 1.35. The third-order valence-electron chi connectivity index (χ3n) is 6.07. The minimum atomic E-state index is -0.346. The smallest absolute Gasteiger partial charge is 0.287 e. The van der Waals surface area contributed by atoms with Crippen LogP contribution in [0.25, 0.3) is 11.0 Å². The van der Waals surface area contributed by atoms with Crippen molar-refractivity contribution in [2.45, 2.75) is 44.7 Å². The maximum atomic E-state index is 12.9. The van der Waals surface area contributed by atoms with Gasteiger partial charge in [0.1, 0.15) is 0 Å². The highest BCUT2D eigenvalue weighted by molar-refractivity contribution is 6.06. The third kappa shape index (κ3) is 3.72. The largest absolute Gasteiger partial charge is 0.349 e. The van der Waals surface area contributed by atoms with Crippen molar-refractivity contribution in [1.29, 1.82) is 0 Å². The minimum absolute atomic E-state index is 0.192. The van der Waals surface area contributed by atoms with Crippen LogP contribution in [0.2, 0.25) is 0 Å². The Kier molecular flexibility index (Phi) is 5.12. The molecule has 3 N–H and O–H groups in total. The number of carbonyl (C=O) groups is 3. The van der Waals surface area contributed by atoms with Crippen LogP contribution >= 0.6 is 0 Å². The second kappa shape index (κ2) is 8.10. The quantitative estimate of drug-likeness (QED) is 0.577. The highest BCUT2D eigenvalue weighted by atomic mass is 16.2. The zero-order valence-corrected chi connectivity index (χ0v) is 17.9. The first-order valence-electron chi connectivity index (χ1n) is 10.9. The van der Waals surface area contributed by atoms with E-state index in [0.717, 1.165) is 37.6 Å². The van der Waals surface area contributed by atoms with Crippen LogP contribution in [0.3, 0.4) is 0 Å². The first kappa shape index (κ1) is 20.2. The molecule has 1 fully saturated rings. The average Bonchev–Trinajstić information content (AvgIpc) is 3.47. The van der Waals surface area contributed by atoms with Gasteiger partial charge in [-0.2, -0.15) is 0 Å². The van der Waals surface area contributed by atoms with Gasteiger partial charge in [0.05, 0.1) is 11.0 Å². The SMILES string of the molecule is Cn1cc(NC(=O)c2ccc3nc4n(c3c2)CCCNC4=O)nc1C(=O)NC1CCCC1. The number of aromatic nitrogens is 4. The molecule has 5 rings (SSSR count). The Morgan fingerprint density at radius 3 is 2.75 bits per heavy atom. The Morgan fingerprint density at radius 2 is 1.94 bits per heavy atom. The number of nitrogens with one attached hydrogen (secondary N) is 3. The molecule has 10 nitrogen and oxygen atoms in total. The van der Waals surface area contributed by atoms with Gasteiger partial charge in [-0.05, 0) is 37.5 Å². The number of hydrogen-bond donors (Lipinski definition) is 3. The van der Waals surface area contributed by atoms with Crippen LogP contribution in [0.15, 0.2) is 24.4 Å². The number of rotatable bonds is 4. The van der Waals surface area contributed by atoms with E-state index in [4.69, 9.17) is 0 Å². The molecule has 0 atom stereocenters. The first-order chi connectivity index (χ1) is 15.5. The van der Waals surface area contributed by atoms with Crippen LogP contribution in [0, 0.1) is 0 Å². The normalized spacial score (nSPS) is 16.5. The van der Waals surface area contributed by atoms with Crippen molar-refractivity contribution in [2.75, 3.05) is 11.9 Å². The third-order valence-corrected chi connectivity index (χ3v) is 6.07. The van der Waals surface area contributed by atoms with Crippen molar-refractivity contribution >= 4 is 34.6 Å². The molecule has 1 aliphatic heterocycles. The maximum Gasteiger partial charge on any atom is 0.287 e.